The number of ether oxygens (including phenoxy) is 1. The molecule has 1 aromatic rings. The molecule has 0 heterocycles. The summed E-state index contributed by atoms with van der Waals surface area (Å²) >= 11 is 5.78. The second-order valence-electron chi connectivity index (χ2n) is 4.75. The van der Waals surface area contributed by atoms with Crippen LogP contribution in [0.4, 0.5) is 0 Å². The molecular weight excluding hydrogens is 252 g/mol. The third kappa shape index (κ3) is 3.39. The Kier molecular flexibility index (Phi) is 4.48. The Labute approximate surface area is 112 Å². The normalized spacial score (nSPS) is 17.6. The standard InChI is InChI=1S/C14H17ClO3/c15-11-5-7-12(8-6-11)18-9-13(14(16)17)10-3-1-2-4-10/h5-8,10,13H,1-4,9H2,(H,16,17). The summed E-state index contributed by atoms with van der Waals surface area (Å²) in [7, 11) is 0. The van der Waals surface area contributed by atoms with Gasteiger partial charge in [0.15, 0.2) is 0 Å². The van der Waals surface area contributed by atoms with Crippen molar-refractivity contribution in [3.8, 4) is 5.75 Å². The molecule has 0 amide bonds. The Bertz CT molecular complexity index is 396. The molecule has 0 saturated heterocycles. The van der Waals surface area contributed by atoms with Crippen LogP contribution in [0.2, 0.25) is 5.02 Å². The van der Waals surface area contributed by atoms with E-state index >= 15 is 0 Å². The fourth-order valence-electron chi connectivity index (χ4n) is 2.49. The Balaban J connectivity index is 1.93. The lowest BCUT2D eigenvalue weighted by Gasteiger charge is -2.19. The lowest BCUT2D eigenvalue weighted by molar-refractivity contribution is -0.144. The van der Waals surface area contributed by atoms with E-state index in [0.717, 1.165) is 25.7 Å². The molecule has 1 saturated carbocycles. The van der Waals surface area contributed by atoms with Gasteiger partial charge in [0.25, 0.3) is 0 Å². The number of aliphatic carboxylic acids is 1. The molecular formula is C14H17ClO3. The summed E-state index contributed by atoms with van der Waals surface area (Å²) in [6.45, 7) is 0.238. The van der Waals surface area contributed by atoms with Gasteiger partial charge in [-0.25, -0.2) is 0 Å². The van der Waals surface area contributed by atoms with Crippen LogP contribution in [0.3, 0.4) is 0 Å². The van der Waals surface area contributed by atoms with E-state index in [1.165, 1.54) is 0 Å². The summed E-state index contributed by atoms with van der Waals surface area (Å²) in [5.74, 6) is -0.225. The van der Waals surface area contributed by atoms with Crippen LogP contribution in [0.5, 0.6) is 5.75 Å². The number of carboxylic acid groups (broad SMARTS) is 1. The van der Waals surface area contributed by atoms with Gasteiger partial charge < -0.3 is 9.84 Å². The summed E-state index contributed by atoms with van der Waals surface area (Å²) in [4.78, 5) is 11.3. The number of carboxylic acids is 1. The molecule has 0 spiro atoms. The van der Waals surface area contributed by atoms with Gasteiger partial charge in [0.1, 0.15) is 12.4 Å². The van der Waals surface area contributed by atoms with Gasteiger partial charge in [-0.3, -0.25) is 4.79 Å². The van der Waals surface area contributed by atoms with Crippen molar-refractivity contribution in [3.05, 3.63) is 29.3 Å². The number of hydrogen-bond acceptors (Lipinski definition) is 2. The minimum Gasteiger partial charge on any atom is -0.493 e. The van der Waals surface area contributed by atoms with Gasteiger partial charge >= 0.3 is 5.97 Å². The van der Waals surface area contributed by atoms with E-state index in [1.54, 1.807) is 24.3 Å². The van der Waals surface area contributed by atoms with Crippen molar-refractivity contribution in [3.63, 3.8) is 0 Å². The highest BCUT2D eigenvalue weighted by Gasteiger charge is 2.31. The molecule has 3 nitrogen and oxygen atoms in total. The quantitative estimate of drug-likeness (QED) is 0.887. The van der Waals surface area contributed by atoms with Gasteiger partial charge in [-0.2, -0.15) is 0 Å². The van der Waals surface area contributed by atoms with Gasteiger partial charge in [0, 0.05) is 5.02 Å². The first-order chi connectivity index (χ1) is 8.66. The number of rotatable bonds is 5. The zero-order valence-corrected chi connectivity index (χ0v) is 10.9. The van der Waals surface area contributed by atoms with Gasteiger partial charge in [0.05, 0.1) is 5.92 Å². The maximum absolute atomic E-state index is 11.3. The average Bonchev–Trinajstić information content (AvgIpc) is 2.85. The highest BCUT2D eigenvalue weighted by Crippen LogP contribution is 2.32. The van der Waals surface area contributed by atoms with E-state index in [9.17, 15) is 9.90 Å². The van der Waals surface area contributed by atoms with E-state index in [1.807, 2.05) is 0 Å². The highest BCUT2D eigenvalue weighted by molar-refractivity contribution is 6.30. The lowest BCUT2D eigenvalue weighted by atomic mass is 9.92. The monoisotopic (exact) mass is 268 g/mol. The number of benzene rings is 1. The van der Waals surface area contributed by atoms with Crippen LogP contribution in [0.1, 0.15) is 25.7 Å². The maximum atomic E-state index is 11.3. The van der Waals surface area contributed by atoms with Crippen LogP contribution >= 0.6 is 11.6 Å². The molecule has 2 rings (SSSR count). The van der Waals surface area contributed by atoms with Gasteiger partial charge in [-0.05, 0) is 43.0 Å². The van der Waals surface area contributed by atoms with Crippen LogP contribution in [0.15, 0.2) is 24.3 Å². The molecule has 0 bridgehead atoms. The highest BCUT2D eigenvalue weighted by atomic mass is 35.5. The van der Waals surface area contributed by atoms with Crippen LogP contribution < -0.4 is 4.74 Å². The summed E-state index contributed by atoms with van der Waals surface area (Å²) in [5, 5.41) is 9.90. The lowest BCUT2D eigenvalue weighted by Crippen LogP contribution is -2.28. The van der Waals surface area contributed by atoms with Crippen molar-refractivity contribution >= 4 is 17.6 Å². The van der Waals surface area contributed by atoms with Gasteiger partial charge in [-0.15, -0.1) is 0 Å². The molecule has 4 heteroatoms. The van der Waals surface area contributed by atoms with Gasteiger partial charge in [0.2, 0.25) is 0 Å². The molecule has 0 radical (unpaired) electrons. The Morgan fingerprint density at radius 1 is 1.33 bits per heavy atom. The number of halogens is 1. The zero-order chi connectivity index (χ0) is 13.0. The van der Waals surface area contributed by atoms with Gasteiger partial charge in [-0.1, -0.05) is 24.4 Å². The van der Waals surface area contributed by atoms with E-state index in [2.05, 4.69) is 0 Å². The van der Waals surface area contributed by atoms with Crippen LogP contribution in [0, 0.1) is 11.8 Å². The number of hydrogen-bond donors (Lipinski definition) is 1. The van der Waals surface area contributed by atoms with Crippen molar-refractivity contribution in [2.45, 2.75) is 25.7 Å². The molecule has 1 aromatic carbocycles. The predicted octanol–water partition coefficient (Wildman–Crippen LogP) is 3.61. The second kappa shape index (κ2) is 6.10. The Hall–Kier alpha value is -1.22. The molecule has 98 valence electrons. The van der Waals surface area contributed by atoms with Crippen molar-refractivity contribution in [2.75, 3.05) is 6.61 Å². The molecule has 0 aliphatic heterocycles. The topological polar surface area (TPSA) is 46.5 Å². The average molecular weight is 269 g/mol. The number of carbonyl (C=O) groups is 1. The molecule has 1 aliphatic carbocycles. The van der Waals surface area contributed by atoms with Crippen molar-refractivity contribution < 1.29 is 14.6 Å². The molecule has 1 aliphatic rings. The van der Waals surface area contributed by atoms with Crippen LogP contribution in [-0.2, 0) is 4.79 Å². The van der Waals surface area contributed by atoms with E-state index in [4.69, 9.17) is 16.3 Å². The summed E-state index contributed by atoms with van der Waals surface area (Å²) in [6, 6.07) is 7.00. The molecule has 0 aromatic heterocycles. The summed E-state index contributed by atoms with van der Waals surface area (Å²) in [6.07, 6.45) is 4.27. The maximum Gasteiger partial charge on any atom is 0.310 e. The van der Waals surface area contributed by atoms with Crippen molar-refractivity contribution in [2.24, 2.45) is 11.8 Å². The van der Waals surface area contributed by atoms with E-state index in [-0.39, 0.29) is 12.5 Å². The van der Waals surface area contributed by atoms with Crippen molar-refractivity contribution in [1.82, 2.24) is 0 Å². The molecule has 18 heavy (non-hydrogen) atoms. The SMILES string of the molecule is O=C(O)C(COc1ccc(Cl)cc1)C1CCCC1. The Morgan fingerprint density at radius 2 is 1.94 bits per heavy atom. The van der Waals surface area contributed by atoms with Crippen LogP contribution in [-0.4, -0.2) is 17.7 Å². The summed E-state index contributed by atoms with van der Waals surface area (Å²) < 4.78 is 5.56. The largest absolute Gasteiger partial charge is 0.493 e. The summed E-state index contributed by atoms with van der Waals surface area (Å²) in [5.41, 5.74) is 0. The third-order valence-electron chi connectivity index (χ3n) is 3.53. The second-order valence-corrected chi connectivity index (χ2v) is 5.19. The van der Waals surface area contributed by atoms with E-state index < -0.39 is 11.9 Å². The predicted molar refractivity (Wildman–Crippen MR) is 70.0 cm³/mol. The van der Waals surface area contributed by atoms with Crippen molar-refractivity contribution in [1.29, 1.82) is 0 Å². The fourth-order valence-corrected chi connectivity index (χ4v) is 2.61. The van der Waals surface area contributed by atoms with Crippen LogP contribution in [0.25, 0.3) is 0 Å². The molecule has 1 fully saturated rings. The first-order valence-corrected chi connectivity index (χ1v) is 6.66. The first-order valence-electron chi connectivity index (χ1n) is 6.28. The minimum absolute atomic E-state index is 0.238. The first kappa shape index (κ1) is 13.2. The smallest absolute Gasteiger partial charge is 0.310 e. The molecule has 1 N–H and O–H groups in total. The zero-order valence-electron chi connectivity index (χ0n) is 10.1. The Morgan fingerprint density at radius 3 is 2.50 bits per heavy atom. The minimum atomic E-state index is -0.754. The van der Waals surface area contributed by atoms with E-state index in [0.29, 0.717) is 10.8 Å². The fraction of sp³-hybridized carbons (Fsp3) is 0.500. The third-order valence-corrected chi connectivity index (χ3v) is 3.78. The molecule has 1 atom stereocenters. The molecule has 1 unspecified atom stereocenters.